The monoisotopic (exact) mass is 331 g/mol. The number of methoxy groups -OCH3 is 1. The zero-order chi connectivity index (χ0) is 14.2. The molecule has 0 fully saturated rings. The second-order valence-corrected chi connectivity index (χ2v) is 4.34. The van der Waals surface area contributed by atoms with Crippen LogP contribution < -0.4 is 4.74 Å². The van der Waals surface area contributed by atoms with E-state index in [0.717, 1.165) is 12.1 Å². The average Bonchev–Trinajstić information content (AvgIpc) is 2.82. The minimum Gasteiger partial charge on any atom is -0.504 e. The van der Waals surface area contributed by atoms with Gasteiger partial charge >= 0.3 is 5.97 Å². The smallest absolute Gasteiger partial charge is 0.358 e. The van der Waals surface area contributed by atoms with Crippen LogP contribution in [0.25, 0.3) is 11.3 Å². The van der Waals surface area contributed by atoms with Crippen molar-refractivity contribution in [3.8, 4) is 22.8 Å². The first-order valence-electron chi connectivity index (χ1n) is 4.91. The molecule has 0 saturated heterocycles. The summed E-state index contributed by atoms with van der Waals surface area (Å²) < 4.78 is 23.7. The first-order valence-corrected chi connectivity index (χ1v) is 5.70. The van der Waals surface area contributed by atoms with E-state index in [1.807, 2.05) is 0 Å². The fraction of sp³-hybridized carbons (Fsp3) is 0.0909. The van der Waals surface area contributed by atoms with Gasteiger partial charge in [-0.25, -0.2) is 9.18 Å². The molecule has 2 aromatic rings. The number of nitrogens with zero attached hydrogens (tertiary/aromatic N) is 1. The van der Waals surface area contributed by atoms with Crippen molar-refractivity contribution >= 4 is 21.9 Å². The van der Waals surface area contributed by atoms with Crippen LogP contribution in [0.1, 0.15) is 10.5 Å². The number of ether oxygens (including phenoxy) is 1. The Balaban J connectivity index is 2.69. The van der Waals surface area contributed by atoms with E-state index in [1.54, 1.807) is 0 Å². The molecule has 0 saturated carbocycles. The van der Waals surface area contributed by atoms with Crippen molar-refractivity contribution < 1.29 is 28.7 Å². The van der Waals surface area contributed by atoms with Crippen LogP contribution in [0, 0.1) is 5.82 Å². The summed E-state index contributed by atoms with van der Waals surface area (Å²) in [4.78, 5) is 10.7. The number of halogens is 2. The zero-order valence-corrected chi connectivity index (χ0v) is 11.1. The highest BCUT2D eigenvalue weighted by Gasteiger charge is 2.24. The lowest BCUT2D eigenvalue weighted by Gasteiger charge is -2.10. The second kappa shape index (κ2) is 4.88. The number of carboxylic acids is 1. The Morgan fingerprint density at radius 3 is 2.74 bits per heavy atom. The SMILES string of the molecule is COc1c(O)cc(Br)c(F)c1-c1cc(C(=O)O)no1. The van der Waals surface area contributed by atoms with Gasteiger partial charge in [0.25, 0.3) is 0 Å². The van der Waals surface area contributed by atoms with Gasteiger partial charge in [-0.3, -0.25) is 0 Å². The molecule has 0 atom stereocenters. The summed E-state index contributed by atoms with van der Waals surface area (Å²) in [7, 11) is 1.24. The normalized spacial score (nSPS) is 10.5. The standard InChI is InChI=1S/C11H7BrFNO5/c1-18-10-6(15)2-4(12)9(13)8(10)7-3-5(11(16)17)14-19-7/h2-3,15H,1H3,(H,16,17). The van der Waals surface area contributed by atoms with Crippen molar-refractivity contribution in [2.75, 3.05) is 7.11 Å². The maximum Gasteiger partial charge on any atom is 0.358 e. The maximum absolute atomic E-state index is 14.1. The Hall–Kier alpha value is -2.09. The van der Waals surface area contributed by atoms with Gasteiger partial charge in [-0.1, -0.05) is 5.16 Å². The molecule has 100 valence electrons. The van der Waals surface area contributed by atoms with E-state index in [2.05, 4.69) is 21.1 Å². The Labute approximate surface area is 114 Å². The number of benzene rings is 1. The van der Waals surface area contributed by atoms with E-state index in [9.17, 15) is 14.3 Å². The number of hydrogen-bond donors (Lipinski definition) is 2. The van der Waals surface area contributed by atoms with Gasteiger partial charge in [-0.15, -0.1) is 0 Å². The van der Waals surface area contributed by atoms with Gasteiger partial charge in [0.15, 0.2) is 28.8 Å². The summed E-state index contributed by atoms with van der Waals surface area (Å²) in [5.74, 6) is -2.73. The molecule has 0 aliphatic rings. The summed E-state index contributed by atoms with van der Waals surface area (Å²) in [6.07, 6.45) is 0. The van der Waals surface area contributed by atoms with Crippen LogP contribution in [0.2, 0.25) is 0 Å². The average molecular weight is 332 g/mol. The van der Waals surface area contributed by atoms with Crippen LogP contribution in [0.3, 0.4) is 0 Å². The zero-order valence-electron chi connectivity index (χ0n) is 9.48. The highest BCUT2D eigenvalue weighted by Crippen LogP contribution is 2.42. The molecule has 0 radical (unpaired) electrons. The van der Waals surface area contributed by atoms with Crippen molar-refractivity contribution in [2.24, 2.45) is 0 Å². The molecular formula is C11H7BrFNO5. The minimum absolute atomic E-state index is 0.0194. The summed E-state index contributed by atoms with van der Waals surface area (Å²) in [6, 6.07) is 2.15. The van der Waals surface area contributed by atoms with Crippen LogP contribution in [0.5, 0.6) is 11.5 Å². The number of phenolic OH excluding ortho intramolecular Hbond substituents is 1. The minimum atomic E-state index is -1.31. The summed E-state index contributed by atoms with van der Waals surface area (Å²) in [5.41, 5.74) is -0.592. The van der Waals surface area contributed by atoms with E-state index in [4.69, 9.17) is 14.4 Å². The molecule has 0 aliphatic heterocycles. The Bertz CT molecular complexity index is 655. The lowest BCUT2D eigenvalue weighted by Crippen LogP contribution is -1.95. The molecule has 0 aliphatic carbocycles. The van der Waals surface area contributed by atoms with Gasteiger partial charge < -0.3 is 19.5 Å². The molecule has 2 N–H and O–H groups in total. The molecule has 1 aromatic carbocycles. The van der Waals surface area contributed by atoms with Gasteiger partial charge in [0.1, 0.15) is 5.56 Å². The summed E-state index contributed by atoms with van der Waals surface area (Å²) in [6.45, 7) is 0. The fourth-order valence-corrected chi connectivity index (χ4v) is 1.93. The topological polar surface area (TPSA) is 92.8 Å². The van der Waals surface area contributed by atoms with Crippen molar-refractivity contribution in [1.29, 1.82) is 0 Å². The predicted octanol–water partition coefficient (Wildman–Crippen LogP) is 2.66. The van der Waals surface area contributed by atoms with Gasteiger partial charge in [-0.2, -0.15) is 0 Å². The molecule has 1 heterocycles. The summed E-state index contributed by atoms with van der Waals surface area (Å²) in [5, 5.41) is 21.7. The molecule has 19 heavy (non-hydrogen) atoms. The number of hydrogen-bond acceptors (Lipinski definition) is 5. The molecule has 2 rings (SSSR count). The quantitative estimate of drug-likeness (QED) is 0.898. The van der Waals surface area contributed by atoms with E-state index in [0.29, 0.717) is 0 Å². The highest BCUT2D eigenvalue weighted by molar-refractivity contribution is 9.10. The van der Waals surface area contributed by atoms with E-state index < -0.39 is 11.8 Å². The van der Waals surface area contributed by atoms with Gasteiger partial charge in [0.05, 0.1) is 11.6 Å². The Morgan fingerprint density at radius 1 is 1.53 bits per heavy atom. The lowest BCUT2D eigenvalue weighted by molar-refractivity contribution is 0.0686. The first kappa shape index (κ1) is 13.3. The third kappa shape index (κ3) is 2.26. The van der Waals surface area contributed by atoms with Crippen molar-refractivity contribution in [3.05, 3.63) is 28.1 Å². The van der Waals surface area contributed by atoms with Crippen molar-refractivity contribution in [2.45, 2.75) is 0 Å². The molecule has 0 bridgehead atoms. The molecule has 6 nitrogen and oxygen atoms in total. The molecule has 1 aromatic heterocycles. The molecule has 8 heteroatoms. The highest BCUT2D eigenvalue weighted by atomic mass is 79.9. The first-order chi connectivity index (χ1) is 8.95. The number of aromatic hydroxyl groups is 1. The lowest BCUT2D eigenvalue weighted by atomic mass is 10.1. The van der Waals surface area contributed by atoms with Crippen LogP contribution in [0.4, 0.5) is 4.39 Å². The fourth-order valence-electron chi connectivity index (χ4n) is 1.52. The number of aromatic nitrogens is 1. The van der Waals surface area contributed by atoms with Crippen LogP contribution in [0.15, 0.2) is 21.1 Å². The van der Waals surface area contributed by atoms with Gasteiger partial charge in [0.2, 0.25) is 0 Å². The molecular weight excluding hydrogens is 325 g/mol. The largest absolute Gasteiger partial charge is 0.504 e. The number of rotatable bonds is 3. The van der Waals surface area contributed by atoms with E-state index >= 15 is 0 Å². The van der Waals surface area contributed by atoms with Crippen molar-refractivity contribution in [1.82, 2.24) is 5.16 Å². The second-order valence-electron chi connectivity index (χ2n) is 3.48. The number of phenols is 1. The third-order valence-electron chi connectivity index (χ3n) is 2.33. The van der Waals surface area contributed by atoms with Crippen LogP contribution >= 0.6 is 15.9 Å². The van der Waals surface area contributed by atoms with E-state index in [1.165, 1.54) is 7.11 Å². The van der Waals surface area contributed by atoms with Crippen LogP contribution in [-0.4, -0.2) is 28.4 Å². The number of aromatic carboxylic acids is 1. The molecule has 0 unspecified atom stereocenters. The summed E-state index contributed by atoms with van der Waals surface area (Å²) >= 11 is 2.92. The van der Waals surface area contributed by atoms with Gasteiger partial charge in [-0.05, 0) is 15.9 Å². The Kier molecular flexibility index (Phi) is 3.43. The predicted molar refractivity (Wildman–Crippen MR) is 64.8 cm³/mol. The van der Waals surface area contributed by atoms with Crippen molar-refractivity contribution in [3.63, 3.8) is 0 Å². The van der Waals surface area contributed by atoms with E-state index in [-0.39, 0.29) is 33.0 Å². The molecule has 0 spiro atoms. The molecule has 0 amide bonds. The number of carboxylic acid groups (broad SMARTS) is 1. The van der Waals surface area contributed by atoms with Crippen LogP contribution in [-0.2, 0) is 0 Å². The van der Waals surface area contributed by atoms with Gasteiger partial charge in [0, 0.05) is 12.1 Å². The maximum atomic E-state index is 14.1. The Morgan fingerprint density at radius 2 is 2.21 bits per heavy atom. The number of carbonyl (C=O) groups is 1. The third-order valence-corrected chi connectivity index (χ3v) is 2.91.